The summed E-state index contributed by atoms with van der Waals surface area (Å²) >= 11 is 1.40. The highest BCUT2D eigenvalue weighted by atomic mass is 32.1. The van der Waals surface area contributed by atoms with Crippen molar-refractivity contribution >= 4 is 23.2 Å². The highest BCUT2D eigenvalue weighted by molar-refractivity contribution is 7.13. The number of amides is 2. The van der Waals surface area contributed by atoms with Crippen molar-refractivity contribution in [1.82, 2.24) is 10.9 Å². The molecule has 0 spiro atoms. The molecule has 0 fully saturated rings. The lowest BCUT2D eigenvalue weighted by Crippen LogP contribution is -2.41. The molecule has 1 aromatic rings. The van der Waals surface area contributed by atoms with Gasteiger partial charge in [0.15, 0.2) is 0 Å². The first kappa shape index (κ1) is 11.7. The third-order valence-electron chi connectivity index (χ3n) is 1.76. The lowest BCUT2D eigenvalue weighted by Gasteiger charge is -2.04. The smallest absolute Gasteiger partial charge is 0.273 e. The predicted molar refractivity (Wildman–Crippen MR) is 59.6 cm³/mol. The van der Waals surface area contributed by atoms with Crippen LogP contribution in [0.15, 0.2) is 12.1 Å². The number of carbonyl (C=O) groups excluding carboxylic acids is 2. The number of hydrogen-bond acceptors (Lipinski definition) is 3. The molecule has 4 nitrogen and oxygen atoms in total. The van der Waals surface area contributed by atoms with Crippen molar-refractivity contribution in [3.8, 4) is 0 Å². The predicted octanol–water partition coefficient (Wildman–Crippen LogP) is 1.62. The van der Waals surface area contributed by atoms with Gasteiger partial charge in [-0.2, -0.15) is 0 Å². The summed E-state index contributed by atoms with van der Waals surface area (Å²) in [5.41, 5.74) is 4.73. The lowest BCUT2D eigenvalue weighted by molar-refractivity contribution is -0.121. The minimum absolute atomic E-state index is 0.167. The van der Waals surface area contributed by atoms with E-state index in [9.17, 15) is 9.59 Å². The number of thiophene rings is 1. The summed E-state index contributed by atoms with van der Waals surface area (Å²) in [6.07, 6.45) is 1.18. The molecule has 0 aromatic carbocycles. The molecule has 0 radical (unpaired) electrons. The summed E-state index contributed by atoms with van der Waals surface area (Å²) in [5, 5.41) is 0. The normalized spacial score (nSPS) is 9.73. The highest BCUT2D eigenvalue weighted by Crippen LogP contribution is 2.14. The molecule has 1 rings (SSSR count). The summed E-state index contributed by atoms with van der Waals surface area (Å²) in [6.45, 7) is 3.83. The molecular formula is C10H14N2O2S. The number of rotatable bonds is 3. The summed E-state index contributed by atoms with van der Waals surface area (Å²) in [7, 11) is 0. The quantitative estimate of drug-likeness (QED) is 0.769. The molecular weight excluding hydrogens is 212 g/mol. The van der Waals surface area contributed by atoms with E-state index in [0.29, 0.717) is 11.3 Å². The topological polar surface area (TPSA) is 58.2 Å². The standard InChI is InChI=1S/C10H14N2O2S/c1-3-4-9(13)11-12-10(14)8-6-5-7(2)15-8/h5-6H,3-4H2,1-2H3,(H,11,13)(H,12,14). The molecule has 0 saturated carbocycles. The van der Waals surface area contributed by atoms with E-state index in [1.54, 1.807) is 6.07 Å². The van der Waals surface area contributed by atoms with Crippen LogP contribution >= 0.6 is 11.3 Å². The highest BCUT2D eigenvalue weighted by Gasteiger charge is 2.08. The van der Waals surface area contributed by atoms with Gasteiger partial charge in [-0.1, -0.05) is 6.92 Å². The van der Waals surface area contributed by atoms with Crippen LogP contribution in [-0.2, 0) is 4.79 Å². The van der Waals surface area contributed by atoms with E-state index in [2.05, 4.69) is 10.9 Å². The number of aryl methyl sites for hydroxylation is 1. The van der Waals surface area contributed by atoms with Gasteiger partial charge in [0.05, 0.1) is 4.88 Å². The molecule has 1 heterocycles. The monoisotopic (exact) mass is 226 g/mol. The largest absolute Gasteiger partial charge is 0.279 e. The van der Waals surface area contributed by atoms with E-state index in [4.69, 9.17) is 0 Å². The average Bonchev–Trinajstić information content (AvgIpc) is 2.62. The minimum Gasteiger partial charge on any atom is -0.273 e. The first-order valence-corrected chi connectivity index (χ1v) is 5.60. The molecule has 0 atom stereocenters. The summed E-state index contributed by atoms with van der Waals surface area (Å²) < 4.78 is 0. The summed E-state index contributed by atoms with van der Waals surface area (Å²) in [5.74, 6) is -0.434. The van der Waals surface area contributed by atoms with Crippen LogP contribution in [0.3, 0.4) is 0 Å². The zero-order valence-corrected chi connectivity index (χ0v) is 9.61. The van der Waals surface area contributed by atoms with E-state index in [1.807, 2.05) is 19.9 Å². The van der Waals surface area contributed by atoms with Crippen molar-refractivity contribution in [3.05, 3.63) is 21.9 Å². The maximum absolute atomic E-state index is 11.5. The Kier molecular flexibility index (Phi) is 4.30. The van der Waals surface area contributed by atoms with Crippen LogP contribution < -0.4 is 10.9 Å². The Morgan fingerprint density at radius 1 is 1.33 bits per heavy atom. The van der Waals surface area contributed by atoms with E-state index < -0.39 is 0 Å². The first-order valence-electron chi connectivity index (χ1n) is 4.79. The number of hydrazine groups is 1. The Morgan fingerprint density at radius 3 is 2.60 bits per heavy atom. The Hall–Kier alpha value is -1.36. The maximum Gasteiger partial charge on any atom is 0.279 e. The van der Waals surface area contributed by atoms with Gasteiger partial charge in [0.2, 0.25) is 5.91 Å². The molecule has 0 bridgehead atoms. The molecule has 2 N–H and O–H groups in total. The molecule has 2 amide bonds. The van der Waals surface area contributed by atoms with Crippen LogP contribution in [0.25, 0.3) is 0 Å². The van der Waals surface area contributed by atoms with E-state index in [0.717, 1.165) is 11.3 Å². The van der Waals surface area contributed by atoms with Gasteiger partial charge in [0.1, 0.15) is 0 Å². The SMILES string of the molecule is CCCC(=O)NNC(=O)c1ccc(C)s1. The van der Waals surface area contributed by atoms with Crippen LogP contribution in [0.2, 0.25) is 0 Å². The fourth-order valence-corrected chi connectivity index (χ4v) is 1.80. The number of carbonyl (C=O) groups is 2. The van der Waals surface area contributed by atoms with Crippen LogP contribution in [0.1, 0.15) is 34.3 Å². The number of nitrogens with one attached hydrogen (secondary N) is 2. The van der Waals surface area contributed by atoms with Gasteiger partial charge in [0.25, 0.3) is 5.91 Å². The van der Waals surface area contributed by atoms with E-state index in [-0.39, 0.29) is 11.8 Å². The maximum atomic E-state index is 11.5. The van der Waals surface area contributed by atoms with Gasteiger partial charge in [-0.3, -0.25) is 20.4 Å². The van der Waals surface area contributed by atoms with Crippen molar-refractivity contribution in [3.63, 3.8) is 0 Å². The van der Waals surface area contributed by atoms with Crippen LogP contribution in [0.5, 0.6) is 0 Å². The Labute approximate surface area is 92.7 Å². The third-order valence-corrected chi connectivity index (χ3v) is 2.76. The van der Waals surface area contributed by atoms with Gasteiger partial charge in [-0.15, -0.1) is 11.3 Å². The third kappa shape index (κ3) is 3.71. The molecule has 0 unspecified atom stereocenters. The number of hydrogen-bond donors (Lipinski definition) is 2. The fraction of sp³-hybridized carbons (Fsp3) is 0.400. The summed E-state index contributed by atoms with van der Waals surface area (Å²) in [6, 6.07) is 3.61. The van der Waals surface area contributed by atoms with Gasteiger partial charge in [-0.25, -0.2) is 0 Å². The molecule has 1 aromatic heterocycles. The molecule has 0 aliphatic heterocycles. The fourth-order valence-electron chi connectivity index (χ4n) is 1.03. The van der Waals surface area contributed by atoms with Gasteiger partial charge in [-0.05, 0) is 25.5 Å². The van der Waals surface area contributed by atoms with Crippen LogP contribution in [0.4, 0.5) is 0 Å². The Morgan fingerprint density at radius 2 is 2.07 bits per heavy atom. The molecule has 82 valence electrons. The van der Waals surface area contributed by atoms with Crippen molar-refractivity contribution in [2.24, 2.45) is 0 Å². The average molecular weight is 226 g/mol. The molecule has 0 aliphatic rings. The molecule has 15 heavy (non-hydrogen) atoms. The second-order valence-corrected chi connectivity index (χ2v) is 4.45. The summed E-state index contributed by atoms with van der Waals surface area (Å²) in [4.78, 5) is 24.2. The van der Waals surface area contributed by atoms with E-state index >= 15 is 0 Å². The zero-order chi connectivity index (χ0) is 11.3. The van der Waals surface area contributed by atoms with Gasteiger partial charge >= 0.3 is 0 Å². The van der Waals surface area contributed by atoms with Crippen molar-refractivity contribution < 1.29 is 9.59 Å². The van der Waals surface area contributed by atoms with E-state index in [1.165, 1.54) is 11.3 Å². The van der Waals surface area contributed by atoms with Crippen molar-refractivity contribution in [1.29, 1.82) is 0 Å². The lowest BCUT2D eigenvalue weighted by atomic mass is 10.3. The molecule has 5 heteroatoms. The van der Waals surface area contributed by atoms with Crippen molar-refractivity contribution in [2.75, 3.05) is 0 Å². The minimum atomic E-state index is -0.266. The second-order valence-electron chi connectivity index (χ2n) is 3.16. The van der Waals surface area contributed by atoms with Gasteiger partial charge < -0.3 is 0 Å². The Bertz CT molecular complexity index is 360. The van der Waals surface area contributed by atoms with Crippen LogP contribution in [-0.4, -0.2) is 11.8 Å². The van der Waals surface area contributed by atoms with Crippen molar-refractivity contribution in [2.45, 2.75) is 26.7 Å². The van der Waals surface area contributed by atoms with Crippen LogP contribution in [0, 0.1) is 6.92 Å². The Balaban J connectivity index is 2.40. The zero-order valence-electron chi connectivity index (χ0n) is 8.79. The van der Waals surface area contributed by atoms with Gasteiger partial charge in [0, 0.05) is 11.3 Å². The first-order chi connectivity index (χ1) is 7.13. The second kappa shape index (κ2) is 5.50. The molecule has 0 saturated heterocycles. The molecule has 0 aliphatic carbocycles.